The SMILES string of the molecule is Cc1noc(C)c1C=CC=O. The first-order valence-electron chi connectivity index (χ1n) is 3.30. The molecule has 0 aromatic carbocycles. The van der Waals surface area contributed by atoms with Crippen molar-refractivity contribution in [2.24, 2.45) is 0 Å². The third-order valence-electron chi connectivity index (χ3n) is 1.43. The van der Waals surface area contributed by atoms with Crippen LogP contribution in [0.1, 0.15) is 17.0 Å². The van der Waals surface area contributed by atoms with Crippen molar-refractivity contribution >= 4 is 12.4 Å². The van der Waals surface area contributed by atoms with Crippen molar-refractivity contribution in [3.63, 3.8) is 0 Å². The van der Waals surface area contributed by atoms with Crippen molar-refractivity contribution in [3.8, 4) is 0 Å². The van der Waals surface area contributed by atoms with Crippen LogP contribution in [0.4, 0.5) is 0 Å². The van der Waals surface area contributed by atoms with Gasteiger partial charge in [0.15, 0.2) is 0 Å². The highest BCUT2D eigenvalue weighted by molar-refractivity contribution is 5.74. The summed E-state index contributed by atoms with van der Waals surface area (Å²) in [5.41, 5.74) is 1.69. The van der Waals surface area contributed by atoms with Crippen molar-refractivity contribution in [1.29, 1.82) is 0 Å². The van der Waals surface area contributed by atoms with Crippen LogP contribution in [0.5, 0.6) is 0 Å². The van der Waals surface area contributed by atoms with Gasteiger partial charge in [-0.05, 0) is 26.0 Å². The molecule has 0 atom stereocenters. The van der Waals surface area contributed by atoms with Crippen LogP contribution < -0.4 is 0 Å². The molecule has 58 valence electrons. The Hall–Kier alpha value is -1.38. The van der Waals surface area contributed by atoms with Gasteiger partial charge >= 0.3 is 0 Å². The van der Waals surface area contributed by atoms with Crippen molar-refractivity contribution in [2.45, 2.75) is 13.8 Å². The second-order valence-corrected chi connectivity index (χ2v) is 2.23. The van der Waals surface area contributed by atoms with E-state index in [1.54, 1.807) is 6.08 Å². The number of aryl methyl sites for hydroxylation is 2. The average Bonchev–Trinajstić information content (AvgIpc) is 2.29. The monoisotopic (exact) mass is 151 g/mol. The zero-order chi connectivity index (χ0) is 8.27. The molecule has 0 fully saturated rings. The quantitative estimate of drug-likeness (QED) is 0.475. The fraction of sp³-hybridized carbons (Fsp3) is 0.250. The molecule has 1 heterocycles. The summed E-state index contributed by atoms with van der Waals surface area (Å²) in [5.74, 6) is 0.737. The van der Waals surface area contributed by atoms with Crippen molar-refractivity contribution in [3.05, 3.63) is 23.1 Å². The summed E-state index contributed by atoms with van der Waals surface area (Å²) >= 11 is 0. The fourth-order valence-corrected chi connectivity index (χ4v) is 0.863. The van der Waals surface area contributed by atoms with Crippen molar-refractivity contribution < 1.29 is 9.32 Å². The Labute approximate surface area is 64.7 Å². The van der Waals surface area contributed by atoms with Gasteiger partial charge in [-0.1, -0.05) is 5.16 Å². The Balaban J connectivity index is 3.00. The van der Waals surface area contributed by atoms with Gasteiger partial charge in [0.05, 0.1) is 5.69 Å². The minimum atomic E-state index is 0.728. The molecule has 0 saturated heterocycles. The van der Waals surface area contributed by atoms with Crippen molar-refractivity contribution in [1.82, 2.24) is 5.16 Å². The Morgan fingerprint density at radius 3 is 2.64 bits per heavy atom. The summed E-state index contributed by atoms with van der Waals surface area (Å²) in [5, 5.41) is 3.73. The minimum Gasteiger partial charge on any atom is -0.361 e. The van der Waals surface area contributed by atoms with Gasteiger partial charge in [-0.2, -0.15) is 0 Å². The molecule has 0 aliphatic rings. The first-order valence-corrected chi connectivity index (χ1v) is 3.30. The maximum Gasteiger partial charge on any atom is 0.142 e. The topological polar surface area (TPSA) is 43.1 Å². The average molecular weight is 151 g/mol. The molecule has 0 aliphatic carbocycles. The van der Waals surface area contributed by atoms with Gasteiger partial charge in [-0.15, -0.1) is 0 Å². The lowest BCUT2D eigenvalue weighted by atomic mass is 10.2. The normalized spacial score (nSPS) is 10.7. The zero-order valence-corrected chi connectivity index (χ0v) is 6.50. The second-order valence-electron chi connectivity index (χ2n) is 2.23. The number of aromatic nitrogens is 1. The zero-order valence-electron chi connectivity index (χ0n) is 6.50. The molecule has 0 radical (unpaired) electrons. The molecule has 0 unspecified atom stereocenters. The van der Waals surface area contributed by atoms with E-state index in [0.29, 0.717) is 0 Å². The number of carbonyl (C=O) groups is 1. The summed E-state index contributed by atoms with van der Waals surface area (Å²) in [6.07, 6.45) is 3.84. The lowest BCUT2D eigenvalue weighted by Gasteiger charge is -1.85. The second kappa shape index (κ2) is 3.14. The predicted molar refractivity (Wildman–Crippen MR) is 41.1 cm³/mol. The van der Waals surface area contributed by atoms with Gasteiger partial charge in [0.1, 0.15) is 12.0 Å². The van der Waals surface area contributed by atoms with Gasteiger partial charge in [-0.3, -0.25) is 4.79 Å². The summed E-state index contributed by atoms with van der Waals surface area (Å²) in [6.45, 7) is 3.64. The van der Waals surface area contributed by atoms with Gasteiger partial charge in [0, 0.05) is 5.56 Å². The maximum atomic E-state index is 9.98. The third-order valence-corrected chi connectivity index (χ3v) is 1.43. The highest BCUT2D eigenvalue weighted by Gasteiger charge is 2.03. The molecule has 1 rings (SSSR count). The van der Waals surface area contributed by atoms with E-state index in [0.717, 1.165) is 23.3 Å². The van der Waals surface area contributed by atoms with Crippen LogP contribution >= 0.6 is 0 Å². The van der Waals surface area contributed by atoms with E-state index in [2.05, 4.69) is 5.16 Å². The Kier molecular flexibility index (Phi) is 2.21. The summed E-state index contributed by atoms with van der Waals surface area (Å²) in [4.78, 5) is 9.98. The third kappa shape index (κ3) is 1.55. The lowest BCUT2D eigenvalue weighted by molar-refractivity contribution is -0.104. The molecular weight excluding hydrogens is 142 g/mol. The Morgan fingerprint density at radius 2 is 2.18 bits per heavy atom. The van der Waals surface area contributed by atoms with E-state index in [1.165, 1.54) is 6.08 Å². The van der Waals surface area contributed by atoms with Crippen LogP contribution in [0.2, 0.25) is 0 Å². The molecule has 0 N–H and O–H groups in total. The van der Waals surface area contributed by atoms with E-state index >= 15 is 0 Å². The van der Waals surface area contributed by atoms with Crippen LogP contribution in [-0.2, 0) is 4.79 Å². The van der Waals surface area contributed by atoms with Gasteiger partial charge in [-0.25, -0.2) is 0 Å². The Bertz CT molecular complexity index is 267. The smallest absolute Gasteiger partial charge is 0.142 e. The van der Waals surface area contributed by atoms with Gasteiger partial charge in [0.2, 0.25) is 0 Å². The van der Waals surface area contributed by atoms with E-state index in [4.69, 9.17) is 4.52 Å². The first-order chi connectivity index (χ1) is 5.25. The predicted octanol–water partition coefficient (Wildman–Crippen LogP) is 1.50. The number of hydrogen-bond donors (Lipinski definition) is 0. The molecular formula is C8H9NO2. The van der Waals surface area contributed by atoms with Crippen LogP contribution in [0.3, 0.4) is 0 Å². The summed E-state index contributed by atoms with van der Waals surface area (Å²) < 4.78 is 4.88. The molecule has 0 saturated carbocycles. The number of nitrogens with zero attached hydrogens (tertiary/aromatic N) is 1. The van der Waals surface area contributed by atoms with Gasteiger partial charge < -0.3 is 4.52 Å². The largest absolute Gasteiger partial charge is 0.361 e. The number of rotatable bonds is 2. The number of carbonyl (C=O) groups excluding carboxylic acids is 1. The van der Waals surface area contributed by atoms with Crippen LogP contribution in [-0.4, -0.2) is 11.4 Å². The molecule has 0 amide bonds. The van der Waals surface area contributed by atoms with E-state index in [9.17, 15) is 4.79 Å². The van der Waals surface area contributed by atoms with E-state index < -0.39 is 0 Å². The molecule has 11 heavy (non-hydrogen) atoms. The Morgan fingerprint density at radius 1 is 1.45 bits per heavy atom. The summed E-state index contributed by atoms with van der Waals surface area (Å²) in [6, 6.07) is 0. The molecule has 1 aromatic rings. The molecule has 1 aromatic heterocycles. The van der Waals surface area contributed by atoms with Crippen LogP contribution in [0.15, 0.2) is 10.6 Å². The first kappa shape index (κ1) is 7.72. The van der Waals surface area contributed by atoms with E-state index in [1.807, 2.05) is 13.8 Å². The molecule has 0 aliphatic heterocycles. The van der Waals surface area contributed by atoms with Gasteiger partial charge in [0.25, 0.3) is 0 Å². The lowest BCUT2D eigenvalue weighted by Crippen LogP contribution is -1.76. The summed E-state index contributed by atoms with van der Waals surface area (Å²) in [7, 11) is 0. The van der Waals surface area contributed by atoms with Crippen molar-refractivity contribution in [2.75, 3.05) is 0 Å². The number of hydrogen-bond acceptors (Lipinski definition) is 3. The van der Waals surface area contributed by atoms with Crippen LogP contribution in [0.25, 0.3) is 6.08 Å². The highest BCUT2D eigenvalue weighted by Crippen LogP contribution is 2.12. The highest BCUT2D eigenvalue weighted by atomic mass is 16.5. The fourth-order valence-electron chi connectivity index (χ4n) is 0.863. The molecule has 3 heteroatoms. The minimum absolute atomic E-state index is 0.728. The molecule has 0 bridgehead atoms. The standard InChI is InChI=1S/C8H9NO2/c1-6-8(4-3-5-10)7(2)11-9-6/h3-5H,1-2H3. The number of allylic oxidation sites excluding steroid dienone is 1. The van der Waals surface area contributed by atoms with Crippen LogP contribution in [0, 0.1) is 13.8 Å². The maximum absolute atomic E-state index is 9.98. The van der Waals surface area contributed by atoms with E-state index in [-0.39, 0.29) is 0 Å². The molecule has 3 nitrogen and oxygen atoms in total. The molecule has 0 spiro atoms. The number of aldehydes is 1.